The second kappa shape index (κ2) is 6.51. The van der Waals surface area contributed by atoms with Gasteiger partial charge in [-0.15, -0.1) is 13.2 Å². The van der Waals surface area contributed by atoms with E-state index in [1.54, 1.807) is 12.2 Å². The van der Waals surface area contributed by atoms with Crippen molar-refractivity contribution in [1.82, 2.24) is 0 Å². The first-order valence-corrected chi connectivity index (χ1v) is 5.88. The third kappa shape index (κ3) is 4.86. The normalized spacial score (nSPS) is 10.9. The maximum absolute atomic E-state index is 5.38. The Morgan fingerprint density at radius 1 is 1.56 bits per heavy atom. The van der Waals surface area contributed by atoms with Crippen molar-refractivity contribution < 1.29 is 4.43 Å². The second-order valence-corrected chi connectivity index (χ2v) is 5.85. The lowest BCUT2D eigenvalue weighted by atomic mass is 10.4. The molecule has 0 aliphatic rings. The lowest BCUT2D eigenvalue weighted by molar-refractivity contribution is 0.317. The molecule has 0 radical (unpaired) electrons. The average Bonchev–Trinajstić information content (AvgIpc) is 1.91. The van der Waals surface area contributed by atoms with E-state index in [0.29, 0.717) is 0 Å². The fraction of sp³-hybridized carbons (Fsp3) is 0.333. The summed E-state index contributed by atoms with van der Waals surface area (Å²) < 4.78 is 6.53. The molecule has 0 rings (SSSR count). The number of hydrogen-bond acceptors (Lipinski definition) is 1. The van der Waals surface area contributed by atoms with E-state index < -0.39 is 0 Å². The van der Waals surface area contributed by atoms with Gasteiger partial charge in [-0.05, 0) is 0 Å². The highest BCUT2D eigenvalue weighted by Crippen LogP contribution is 1.92. The number of rotatable bonds is 5. The Balaban J connectivity index is 3.30. The molecular weight excluding hydrogens is 243 g/mol. The molecule has 0 N–H and O–H groups in total. The van der Waals surface area contributed by atoms with Crippen LogP contribution in [0.1, 0.15) is 0 Å². The molecule has 0 spiro atoms. The third-order valence-electron chi connectivity index (χ3n) is 0.852. The monoisotopic (exact) mass is 254 g/mol. The predicted octanol–water partition coefficient (Wildman–Crippen LogP) is 1.22. The molecular formula is C6H11IOSi. The molecule has 0 aliphatic heterocycles. The first-order valence-electron chi connectivity index (χ1n) is 2.77. The molecule has 0 saturated heterocycles. The molecule has 0 aliphatic carbocycles. The van der Waals surface area contributed by atoms with Gasteiger partial charge >= 0.3 is 0 Å². The lowest BCUT2D eigenvalue weighted by Gasteiger charge is -2.06. The van der Waals surface area contributed by atoms with E-state index in [0.717, 1.165) is 4.05 Å². The van der Waals surface area contributed by atoms with Gasteiger partial charge in [0.15, 0.2) is 9.76 Å². The smallest absolute Gasteiger partial charge is 0.172 e. The second-order valence-electron chi connectivity index (χ2n) is 1.50. The van der Waals surface area contributed by atoms with Crippen molar-refractivity contribution in [2.24, 2.45) is 0 Å². The van der Waals surface area contributed by atoms with Crippen LogP contribution >= 0.6 is 22.6 Å². The van der Waals surface area contributed by atoms with Gasteiger partial charge in [0.2, 0.25) is 0 Å². The van der Waals surface area contributed by atoms with Crippen LogP contribution in [0.25, 0.3) is 0 Å². The SMILES string of the molecule is C=CC(C=C)O[SiH2]CI. The van der Waals surface area contributed by atoms with E-state index >= 15 is 0 Å². The first kappa shape index (κ1) is 9.39. The van der Waals surface area contributed by atoms with E-state index in [1.807, 2.05) is 0 Å². The lowest BCUT2D eigenvalue weighted by Crippen LogP contribution is -2.10. The van der Waals surface area contributed by atoms with Crippen LogP contribution in [0.15, 0.2) is 25.3 Å². The summed E-state index contributed by atoms with van der Waals surface area (Å²) in [5.41, 5.74) is 0. The zero-order chi connectivity index (χ0) is 7.11. The van der Waals surface area contributed by atoms with Crippen molar-refractivity contribution in [3.05, 3.63) is 25.3 Å². The van der Waals surface area contributed by atoms with Gasteiger partial charge in [0.25, 0.3) is 0 Å². The zero-order valence-electron chi connectivity index (χ0n) is 5.35. The van der Waals surface area contributed by atoms with Crippen molar-refractivity contribution >= 4 is 32.4 Å². The van der Waals surface area contributed by atoms with E-state index in [2.05, 4.69) is 35.7 Å². The average molecular weight is 254 g/mol. The Morgan fingerprint density at radius 3 is 2.44 bits per heavy atom. The number of alkyl halides is 1. The Morgan fingerprint density at radius 2 is 2.11 bits per heavy atom. The largest absolute Gasteiger partial charge is 0.414 e. The standard InChI is InChI=1S/C6H11IOSi/c1-3-6(4-2)8-9-5-7/h3-4,6H,1-2,5,9H2. The van der Waals surface area contributed by atoms with Crippen LogP contribution in [0.3, 0.4) is 0 Å². The molecule has 0 unspecified atom stereocenters. The third-order valence-corrected chi connectivity index (χ3v) is 2.95. The Bertz CT molecular complexity index is 87.1. The van der Waals surface area contributed by atoms with Gasteiger partial charge in [-0.3, -0.25) is 0 Å². The van der Waals surface area contributed by atoms with Crippen molar-refractivity contribution in [2.75, 3.05) is 4.05 Å². The van der Waals surface area contributed by atoms with E-state index in [9.17, 15) is 0 Å². The molecule has 0 bridgehead atoms. The topological polar surface area (TPSA) is 9.23 Å². The summed E-state index contributed by atoms with van der Waals surface area (Å²) in [6.07, 6.45) is 3.63. The van der Waals surface area contributed by atoms with Crippen LogP contribution in [-0.4, -0.2) is 19.9 Å². The Kier molecular flexibility index (Phi) is 6.79. The maximum Gasteiger partial charge on any atom is 0.172 e. The highest BCUT2D eigenvalue weighted by molar-refractivity contribution is 14.1. The molecule has 0 fully saturated rings. The molecule has 9 heavy (non-hydrogen) atoms. The minimum absolute atomic E-state index is 0.0893. The minimum atomic E-state index is -0.304. The van der Waals surface area contributed by atoms with E-state index in [1.165, 1.54) is 0 Å². The molecule has 52 valence electrons. The van der Waals surface area contributed by atoms with E-state index in [4.69, 9.17) is 4.43 Å². The van der Waals surface area contributed by atoms with Crippen LogP contribution in [0.2, 0.25) is 0 Å². The molecule has 0 aromatic rings. The van der Waals surface area contributed by atoms with Gasteiger partial charge in [0, 0.05) is 4.05 Å². The fourth-order valence-electron chi connectivity index (χ4n) is 0.413. The number of hydrogen-bond donors (Lipinski definition) is 0. The summed E-state index contributed by atoms with van der Waals surface area (Å²) in [4.78, 5) is 0. The molecule has 0 heterocycles. The molecule has 1 nitrogen and oxygen atoms in total. The van der Waals surface area contributed by atoms with Gasteiger partial charge in [0.05, 0.1) is 6.10 Å². The Hall–Kier alpha value is 0.387. The van der Waals surface area contributed by atoms with Crippen LogP contribution < -0.4 is 0 Å². The fourth-order valence-corrected chi connectivity index (χ4v) is 1.81. The molecule has 0 aromatic carbocycles. The van der Waals surface area contributed by atoms with Gasteiger partial charge in [-0.25, -0.2) is 0 Å². The summed E-state index contributed by atoms with van der Waals surface area (Å²) in [7, 11) is -0.304. The Labute approximate surface area is 72.3 Å². The van der Waals surface area contributed by atoms with Gasteiger partial charge in [-0.1, -0.05) is 34.7 Å². The maximum atomic E-state index is 5.38. The molecule has 0 saturated carbocycles. The van der Waals surface area contributed by atoms with Crippen LogP contribution in [0.4, 0.5) is 0 Å². The first-order chi connectivity index (χ1) is 4.35. The summed E-state index contributed by atoms with van der Waals surface area (Å²) >= 11 is 2.32. The van der Waals surface area contributed by atoms with Crippen molar-refractivity contribution in [1.29, 1.82) is 0 Å². The van der Waals surface area contributed by atoms with Gasteiger partial charge < -0.3 is 4.43 Å². The highest BCUT2D eigenvalue weighted by Gasteiger charge is 1.94. The van der Waals surface area contributed by atoms with E-state index in [-0.39, 0.29) is 15.9 Å². The van der Waals surface area contributed by atoms with Gasteiger partial charge in [-0.2, -0.15) is 0 Å². The highest BCUT2D eigenvalue weighted by atomic mass is 127. The molecule has 0 aromatic heterocycles. The van der Waals surface area contributed by atoms with Gasteiger partial charge in [0.1, 0.15) is 0 Å². The molecule has 0 atom stereocenters. The molecule has 3 heteroatoms. The summed E-state index contributed by atoms with van der Waals surface area (Å²) in [5, 5.41) is 0. The zero-order valence-corrected chi connectivity index (χ0v) is 8.92. The summed E-state index contributed by atoms with van der Waals surface area (Å²) in [6.45, 7) is 7.22. The van der Waals surface area contributed by atoms with Crippen molar-refractivity contribution in [2.45, 2.75) is 6.10 Å². The van der Waals surface area contributed by atoms with Crippen LogP contribution in [-0.2, 0) is 4.43 Å². The van der Waals surface area contributed by atoms with Crippen molar-refractivity contribution in [3.8, 4) is 0 Å². The number of halogens is 1. The quantitative estimate of drug-likeness (QED) is 0.310. The van der Waals surface area contributed by atoms with Crippen LogP contribution in [0.5, 0.6) is 0 Å². The molecule has 0 amide bonds. The van der Waals surface area contributed by atoms with Crippen LogP contribution in [0, 0.1) is 0 Å². The summed E-state index contributed by atoms with van der Waals surface area (Å²) in [5.74, 6) is 0. The van der Waals surface area contributed by atoms with Crippen molar-refractivity contribution in [3.63, 3.8) is 0 Å². The minimum Gasteiger partial charge on any atom is -0.414 e. The summed E-state index contributed by atoms with van der Waals surface area (Å²) in [6, 6.07) is 0. The predicted molar refractivity (Wildman–Crippen MR) is 52.7 cm³/mol.